The van der Waals surface area contributed by atoms with Crippen molar-refractivity contribution in [1.82, 2.24) is 9.97 Å². The third kappa shape index (κ3) is 1.73. The van der Waals surface area contributed by atoms with Gasteiger partial charge in [-0.15, -0.1) is 11.3 Å². The van der Waals surface area contributed by atoms with Crippen LogP contribution in [0.4, 0.5) is 5.82 Å². The topological polar surface area (TPSA) is 71.7 Å². The zero-order chi connectivity index (χ0) is 9.97. The Morgan fingerprint density at radius 2 is 2.29 bits per heavy atom. The molecule has 0 aliphatic heterocycles. The molecule has 0 fully saturated rings. The number of nitrogens with zero attached hydrogens (tertiary/aromatic N) is 2. The Bertz CT molecular complexity index is 424. The Kier molecular flexibility index (Phi) is 2.43. The van der Waals surface area contributed by atoms with E-state index in [9.17, 15) is 5.11 Å². The minimum atomic E-state index is -0.291. The Hall–Kier alpha value is -1.46. The van der Waals surface area contributed by atoms with Gasteiger partial charge in [0.25, 0.3) is 0 Å². The second-order valence-electron chi connectivity index (χ2n) is 2.76. The summed E-state index contributed by atoms with van der Waals surface area (Å²) in [5.41, 5.74) is 6.93. The summed E-state index contributed by atoms with van der Waals surface area (Å²) in [5, 5.41) is 13.1. The predicted octanol–water partition coefficient (Wildman–Crippen LogP) is 1.72. The highest BCUT2D eigenvalue weighted by Gasteiger charge is 2.03. The van der Waals surface area contributed by atoms with Gasteiger partial charge in [-0.05, 0) is 12.1 Å². The molecule has 0 aromatic carbocycles. The quantitative estimate of drug-likeness (QED) is 0.813. The maximum atomic E-state index is 10.5. The van der Waals surface area contributed by atoms with Crippen molar-refractivity contribution in [3.05, 3.63) is 29.4 Å². The normalized spacial score (nSPS) is 10.4. The van der Waals surface area contributed by atoms with Gasteiger partial charge in [0.2, 0.25) is 0 Å². The Labute approximate surface area is 85.1 Å². The highest BCUT2D eigenvalue weighted by Crippen LogP contribution is 2.23. The lowest BCUT2D eigenvalue weighted by Crippen LogP contribution is -1.88. The van der Waals surface area contributed by atoms with Crippen molar-refractivity contribution in [3.8, 4) is 10.6 Å². The van der Waals surface area contributed by atoms with Crippen molar-refractivity contribution in [1.29, 1.82) is 0 Å². The van der Waals surface area contributed by atoms with Gasteiger partial charge in [-0.2, -0.15) is 0 Å². The van der Waals surface area contributed by atoms with Crippen molar-refractivity contribution in [2.45, 2.75) is 6.61 Å². The summed E-state index contributed by atoms with van der Waals surface area (Å²) >= 11 is 1.46. The number of nitrogens with two attached hydrogens (primary N) is 1. The van der Waals surface area contributed by atoms with Crippen LogP contribution in [0.3, 0.4) is 0 Å². The van der Waals surface area contributed by atoms with Crippen LogP contribution in [-0.2, 0) is 11.7 Å². The molecule has 14 heavy (non-hydrogen) atoms. The molecule has 2 N–H and O–H groups in total. The maximum absolute atomic E-state index is 10.5. The predicted molar refractivity (Wildman–Crippen MR) is 54.1 cm³/mol. The van der Waals surface area contributed by atoms with E-state index in [4.69, 9.17) is 5.73 Å². The summed E-state index contributed by atoms with van der Waals surface area (Å²) in [4.78, 5) is 8.11. The van der Waals surface area contributed by atoms with Crippen LogP contribution in [0.5, 0.6) is 0 Å². The number of pyridine rings is 1. The smallest absolute Gasteiger partial charge is 0.135 e. The molecular weight excluding hydrogens is 198 g/mol. The lowest BCUT2D eigenvalue weighted by Gasteiger charge is -1.96. The van der Waals surface area contributed by atoms with E-state index in [1.54, 1.807) is 17.6 Å². The number of aromatic nitrogens is 2. The second-order valence-corrected chi connectivity index (χ2v) is 3.62. The van der Waals surface area contributed by atoms with Gasteiger partial charge in [0.05, 0.1) is 5.69 Å². The molecule has 5 heteroatoms. The lowest BCUT2D eigenvalue weighted by molar-refractivity contribution is 0.174. The number of hydrogen-bond donors (Lipinski definition) is 1. The first kappa shape index (κ1) is 9.11. The van der Waals surface area contributed by atoms with Crippen LogP contribution >= 0.6 is 11.3 Å². The molecule has 71 valence electrons. The van der Waals surface area contributed by atoms with Crippen molar-refractivity contribution < 1.29 is 5.11 Å². The summed E-state index contributed by atoms with van der Waals surface area (Å²) in [6.07, 6.45) is 1.64. The van der Waals surface area contributed by atoms with Gasteiger partial charge in [-0.1, -0.05) is 0 Å². The van der Waals surface area contributed by atoms with Crippen molar-refractivity contribution in [3.63, 3.8) is 0 Å². The molecule has 0 saturated heterocycles. The zero-order valence-electron chi connectivity index (χ0n) is 7.30. The first-order valence-corrected chi connectivity index (χ1v) is 4.92. The fourth-order valence-electron chi connectivity index (χ4n) is 1.06. The third-order valence-electron chi connectivity index (χ3n) is 1.74. The molecule has 4 nitrogen and oxygen atoms in total. The first-order chi connectivity index (χ1) is 6.79. The largest absolute Gasteiger partial charge is 0.383 e. The van der Waals surface area contributed by atoms with E-state index < -0.39 is 0 Å². The van der Waals surface area contributed by atoms with Crippen LogP contribution < -0.4 is 5.73 Å². The Balaban J connectivity index is 2.33. The summed E-state index contributed by atoms with van der Waals surface area (Å²) in [7, 11) is 0. The van der Waals surface area contributed by atoms with E-state index in [1.165, 1.54) is 11.3 Å². The van der Waals surface area contributed by atoms with Gasteiger partial charge in [0.1, 0.15) is 17.4 Å². The van der Waals surface area contributed by atoms with Crippen LogP contribution in [0.15, 0.2) is 23.7 Å². The number of thiazole rings is 1. The van der Waals surface area contributed by atoms with Crippen LogP contribution in [-0.4, -0.2) is 9.97 Å². The second kappa shape index (κ2) is 3.73. The SMILES string of the molecule is Nc1csc(-c2ccc(C[O])nc2)n1. The van der Waals surface area contributed by atoms with E-state index in [-0.39, 0.29) is 6.61 Å². The number of anilines is 1. The van der Waals surface area contributed by atoms with Gasteiger partial charge < -0.3 is 5.73 Å². The van der Waals surface area contributed by atoms with E-state index in [2.05, 4.69) is 9.97 Å². The molecule has 2 heterocycles. The average molecular weight is 206 g/mol. The van der Waals surface area contributed by atoms with E-state index in [1.807, 2.05) is 6.07 Å². The zero-order valence-corrected chi connectivity index (χ0v) is 8.12. The average Bonchev–Trinajstić information content (AvgIpc) is 2.65. The molecule has 0 atom stereocenters. The molecule has 0 unspecified atom stereocenters. The van der Waals surface area contributed by atoms with Crippen molar-refractivity contribution in [2.24, 2.45) is 0 Å². The molecule has 2 rings (SSSR count). The van der Waals surface area contributed by atoms with Crippen LogP contribution in [0.1, 0.15) is 5.69 Å². The fraction of sp³-hybridized carbons (Fsp3) is 0.111. The van der Waals surface area contributed by atoms with Crippen LogP contribution in [0.2, 0.25) is 0 Å². The summed E-state index contributed by atoms with van der Waals surface area (Å²) in [5.74, 6) is 0.512. The molecule has 0 bridgehead atoms. The fourth-order valence-corrected chi connectivity index (χ4v) is 1.76. The highest BCUT2D eigenvalue weighted by atomic mass is 32.1. The van der Waals surface area contributed by atoms with Gasteiger partial charge in [0, 0.05) is 17.1 Å². The molecule has 0 aliphatic carbocycles. The summed E-state index contributed by atoms with van der Waals surface area (Å²) in [6, 6.07) is 3.54. The minimum Gasteiger partial charge on any atom is -0.383 e. The van der Waals surface area contributed by atoms with Gasteiger partial charge >= 0.3 is 0 Å². The lowest BCUT2D eigenvalue weighted by atomic mass is 10.2. The molecule has 0 saturated carbocycles. The Morgan fingerprint density at radius 1 is 1.43 bits per heavy atom. The van der Waals surface area contributed by atoms with Crippen molar-refractivity contribution >= 4 is 17.2 Å². The molecule has 2 aromatic rings. The van der Waals surface area contributed by atoms with E-state index in [0.29, 0.717) is 11.5 Å². The molecule has 2 aromatic heterocycles. The van der Waals surface area contributed by atoms with Crippen molar-refractivity contribution in [2.75, 3.05) is 5.73 Å². The maximum Gasteiger partial charge on any atom is 0.135 e. The monoisotopic (exact) mass is 206 g/mol. The molecule has 1 radical (unpaired) electrons. The first-order valence-electron chi connectivity index (χ1n) is 4.04. The van der Waals surface area contributed by atoms with E-state index in [0.717, 1.165) is 10.6 Å². The molecule has 0 aliphatic rings. The van der Waals surface area contributed by atoms with Crippen LogP contribution in [0.25, 0.3) is 10.6 Å². The van der Waals surface area contributed by atoms with Gasteiger partial charge in [0.15, 0.2) is 0 Å². The number of hydrogen-bond acceptors (Lipinski definition) is 4. The highest BCUT2D eigenvalue weighted by molar-refractivity contribution is 7.13. The summed E-state index contributed by atoms with van der Waals surface area (Å²) < 4.78 is 0. The summed E-state index contributed by atoms with van der Waals surface area (Å²) in [6.45, 7) is -0.291. The Morgan fingerprint density at radius 3 is 2.79 bits per heavy atom. The third-order valence-corrected chi connectivity index (χ3v) is 2.65. The molecule has 0 spiro atoms. The van der Waals surface area contributed by atoms with E-state index >= 15 is 0 Å². The molecular formula is C9H8N3OS. The van der Waals surface area contributed by atoms with Gasteiger partial charge in [-0.25, -0.2) is 10.1 Å². The standard InChI is InChI=1S/C9H8N3OS/c10-8-5-14-9(12-8)6-1-2-7(4-13)11-3-6/h1-3,5H,4,10H2. The van der Waals surface area contributed by atoms with Gasteiger partial charge in [-0.3, -0.25) is 4.98 Å². The molecule has 0 amide bonds. The number of nitrogen functional groups attached to an aromatic ring is 1. The minimum absolute atomic E-state index is 0.291. The number of rotatable bonds is 2. The van der Waals surface area contributed by atoms with Crippen LogP contribution in [0, 0.1) is 0 Å².